The van der Waals surface area contributed by atoms with Crippen LogP contribution >= 0.6 is 22.9 Å². The Kier molecular flexibility index (Phi) is 5.60. The lowest BCUT2D eigenvalue weighted by molar-refractivity contribution is -0.121. The van der Waals surface area contributed by atoms with E-state index in [2.05, 4.69) is 22.8 Å². The predicted octanol–water partition coefficient (Wildman–Crippen LogP) is 4.27. The van der Waals surface area contributed by atoms with Gasteiger partial charge in [-0.25, -0.2) is 4.79 Å². The third-order valence-corrected chi connectivity index (χ3v) is 7.16. The largest absolute Gasteiger partial charge is 0.354 e. The van der Waals surface area contributed by atoms with Crippen LogP contribution in [0.25, 0.3) is 0 Å². The van der Waals surface area contributed by atoms with Crippen molar-refractivity contribution < 1.29 is 9.59 Å². The van der Waals surface area contributed by atoms with Crippen LogP contribution in [-0.4, -0.2) is 43.0 Å². The summed E-state index contributed by atoms with van der Waals surface area (Å²) in [6, 6.07) is 11.3. The van der Waals surface area contributed by atoms with E-state index in [1.54, 1.807) is 33.3 Å². The molecular weight excluding hydrogens is 394 g/mol. The molecule has 7 heteroatoms. The molecule has 0 atom stereocenters. The fraction of sp³-hybridized carbons (Fsp3) is 0.429. The van der Waals surface area contributed by atoms with Gasteiger partial charge in [0.25, 0.3) is 0 Å². The molecule has 148 valence electrons. The minimum atomic E-state index is -0.133. The van der Waals surface area contributed by atoms with E-state index in [0.717, 1.165) is 18.5 Å². The highest BCUT2D eigenvalue weighted by molar-refractivity contribution is 7.10. The van der Waals surface area contributed by atoms with Gasteiger partial charge in [-0.15, -0.1) is 11.3 Å². The maximum Gasteiger partial charge on any atom is 0.325 e. The Hall–Kier alpha value is -2.05. The van der Waals surface area contributed by atoms with Crippen LogP contribution in [0.3, 0.4) is 0 Å². The normalized spacial score (nSPS) is 18.7. The van der Waals surface area contributed by atoms with Gasteiger partial charge in [0.15, 0.2) is 0 Å². The lowest BCUT2D eigenvalue weighted by atomic mass is 9.84. The van der Waals surface area contributed by atoms with Gasteiger partial charge in [-0.1, -0.05) is 30.5 Å². The molecule has 3 amide bonds. The number of amides is 3. The van der Waals surface area contributed by atoms with Gasteiger partial charge in [-0.05, 0) is 48.6 Å². The molecular formula is C21H24ClN3O2S. The molecule has 2 heterocycles. The number of halogens is 1. The highest BCUT2D eigenvalue weighted by Gasteiger charge is 2.37. The number of thiophene rings is 1. The van der Waals surface area contributed by atoms with Crippen LogP contribution in [0.2, 0.25) is 5.02 Å². The zero-order chi connectivity index (χ0) is 19.6. The Labute approximate surface area is 174 Å². The first kappa shape index (κ1) is 19.3. The van der Waals surface area contributed by atoms with Crippen molar-refractivity contribution in [3.8, 4) is 0 Å². The van der Waals surface area contributed by atoms with Gasteiger partial charge in [0.1, 0.15) is 6.54 Å². The molecule has 1 saturated carbocycles. The number of urea groups is 1. The summed E-state index contributed by atoms with van der Waals surface area (Å²) in [4.78, 5) is 29.9. The summed E-state index contributed by atoms with van der Waals surface area (Å²) in [5, 5.41) is 5.84. The lowest BCUT2D eigenvalue weighted by Crippen LogP contribution is -2.44. The van der Waals surface area contributed by atoms with E-state index in [9.17, 15) is 9.59 Å². The molecule has 1 saturated heterocycles. The van der Waals surface area contributed by atoms with Crippen molar-refractivity contribution in [3.63, 3.8) is 0 Å². The van der Waals surface area contributed by atoms with E-state index in [1.807, 2.05) is 12.1 Å². The van der Waals surface area contributed by atoms with Crippen LogP contribution in [0.15, 0.2) is 41.8 Å². The van der Waals surface area contributed by atoms with Gasteiger partial charge in [0, 0.05) is 40.6 Å². The smallest absolute Gasteiger partial charge is 0.325 e. The minimum absolute atomic E-state index is 0.0637. The number of carbonyl (C=O) groups is 2. The molecule has 5 nitrogen and oxygen atoms in total. The Morgan fingerprint density at radius 2 is 1.89 bits per heavy atom. The summed E-state index contributed by atoms with van der Waals surface area (Å²) in [7, 11) is 0. The van der Waals surface area contributed by atoms with Crippen molar-refractivity contribution in [1.29, 1.82) is 0 Å². The standard InChI is InChI=1S/C21H24ClN3O2S/c22-16-5-7-17(8-6-16)25-12-11-24(20(25)27)14-19(26)23-15-21(9-1-2-10-21)18-4-3-13-28-18/h3-8,13H,1-2,9-12,14-15H2,(H,23,26). The SMILES string of the molecule is O=C(CN1CCN(c2ccc(Cl)cc2)C1=O)NCC1(c2cccs2)CCCC1. The third-order valence-electron chi connectivity index (χ3n) is 5.80. The van der Waals surface area contributed by atoms with E-state index >= 15 is 0 Å². The van der Waals surface area contributed by atoms with Crippen molar-refractivity contribution in [2.75, 3.05) is 31.1 Å². The fourth-order valence-electron chi connectivity index (χ4n) is 4.23. The lowest BCUT2D eigenvalue weighted by Gasteiger charge is -2.28. The quantitative estimate of drug-likeness (QED) is 0.762. The Morgan fingerprint density at radius 1 is 1.14 bits per heavy atom. The molecule has 2 aromatic rings. The fourth-order valence-corrected chi connectivity index (χ4v) is 5.34. The molecule has 0 spiro atoms. The summed E-state index contributed by atoms with van der Waals surface area (Å²) in [6.07, 6.45) is 4.63. The predicted molar refractivity (Wildman–Crippen MR) is 113 cm³/mol. The van der Waals surface area contributed by atoms with Crippen LogP contribution in [0, 0.1) is 0 Å². The number of benzene rings is 1. The van der Waals surface area contributed by atoms with E-state index in [1.165, 1.54) is 17.7 Å². The second-order valence-corrected chi connectivity index (χ2v) is 8.96. The highest BCUT2D eigenvalue weighted by atomic mass is 35.5. The molecule has 2 aliphatic rings. The number of nitrogens with zero attached hydrogens (tertiary/aromatic N) is 2. The zero-order valence-electron chi connectivity index (χ0n) is 15.7. The second-order valence-electron chi connectivity index (χ2n) is 7.57. The van der Waals surface area contributed by atoms with E-state index in [4.69, 9.17) is 11.6 Å². The molecule has 28 heavy (non-hydrogen) atoms. The van der Waals surface area contributed by atoms with Gasteiger partial charge in [0.05, 0.1) is 0 Å². The number of hydrogen-bond donors (Lipinski definition) is 1. The molecule has 1 aliphatic carbocycles. The van der Waals surface area contributed by atoms with Crippen molar-refractivity contribution >= 4 is 40.6 Å². The number of carbonyl (C=O) groups excluding carboxylic acids is 2. The van der Waals surface area contributed by atoms with Crippen LogP contribution < -0.4 is 10.2 Å². The highest BCUT2D eigenvalue weighted by Crippen LogP contribution is 2.42. The van der Waals surface area contributed by atoms with E-state index in [-0.39, 0.29) is 23.9 Å². The van der Waals surface area contributed by atoms with Crippen molar-refractivity contribution in [1.82, 2.24) is 10.2 Å². The van der Waals surface area contributed by atoms with Gasteiger partial charge in [-0.2, -0.15) is 0 Å². The van der Waals surface area contributed by atoms with Gasteiger partial charge in [0.2, 0.25) is 5.91 Å². The van der Waals surface area contributed by atoms with Crippen molar-refractivity contribution in [2.24, 2.45) is 0 Å². The third kappa shape index (κ3) is 3.89. The van der Waals surface area contributed by atoms with Gasteiger partial charge >= 0.3 is 6.03 Å². The Bertz CT molecular complexity index is 832. The molecule has 1 aliphatic heterocycles. The molecule has 1 aromatic heterocycles. The summed E-state index contributed by atoms with van der Waals surface area (Å²) in [5.74, 6) is -0.0888. The molecule has 4 rings (SSSR count). The first-order valence-electron chi connectivity index (χ1n) is 9.70. The maximum absolute atomic E-state index is 12.7. The van der Waals surface area contributed by atoms with Crippen molar-refractivity contribution in [3.05, 3.63) is 51.7 Å². The molecule has 2 fully saturated rings. The van der Waals surface area contributed by atoms with Crippen LogP contribution in [0.4, 0.5) is 10.5 Å². The Balaban J connectivity index is 1.34. The number of anilines is 1. The number of nitrogens with one attached hydrogen (secondary N) is 1. The summed E-state index contributed by atoms with van der Waals surface area (Å²) in [6.45, 7) is 1.87. The monoisotopic (exact) mass is 417 g/mol. The van der Waals surface area contributed by atoms with Crippen molar-refractivity contribution in [2.45, 2.75) is 31.1 Å². The topological polar surface area (TPSA) is 52.7 Å². The average Bonchev–Trinajstić information content (AvgIpc) is 3.44. The maximum atomic E-state index is 12.7. The molecule has 0 unspecified atom stereocenters. The summed E-state index contributed by atoms with van der Waals surface area (Å²) >= 11 is 7.69. The zero-order valence-corrected chi connectivity index (χ0v) is 17.3. The number of rotatable bonds is 6. The summed E-state index contributed by atoms with van der Waals surface area (Å²) < 4.78 is 0. The van der Waals surface area contributed by atoms with E-state index < -0.39 is 0 Å². The van der Waals surface area contributed by atoms with Gasteiger partial charge in [-0.3, -0.25) is 9.69 Å². The first-order chi connectivity index (χ1) is 13.6. The minimum Gasteiger partial charge on any atom is -0.354 e. The van der Waals surface area contributed by atoms with Crippen LogP contribution in [-0.2, 0) is 10.2 Å². The molecule has 0 radical (unpaired) electrons. The van der Waals surface area contributed by atoms with Gasteiger partial charge < -0.3 is 10.2 Å². The molecule has 1 N–H and O–H groups in total. The average molecular weight is 418 g/mol. The van der Waals surface area contributed by atoms with Crippen LogP contribution in [0.5, 0.6) is 0 Å². The second kappa shape index (κ2) is 8.13. The van der Waals surface area contributed by atoms with E-state index in [0.29, 0.717) is 24.7 Å². The number of hydrogen-bond acceptors (Lipinski definition) is 3. The molecule has 1 aromatic carbocycles. The molecule has 0 bridgehead atoms. The summed E-state index contributed by atoms with van der Waals surface area (Å²) in [5.41, 5.74) is 0.869. The first-order valence-corrected chi connectivity index (χ1v) is 11.0. The Morgan fingerprint density at radius 3 is 2.57 bits per heavy atom. The van der Waals surface area contributed by atoms with Crippen LogP contribution in [0.1, 0.15) is 30.6 Å².